The highest BCUT2D eigenvalue weighted by atomic mass is 35.5. The van der Waals surface area contributed by atoms with Gasteiger partial charge in [-0.15, -0.1) is 0 Å². The van der Waals surface area contributed by atoms with Crippen LogP contribution in [0.15, 0.2) is 35.2 Å². The summed E-state index contributed by atoms with van der Waals surface area (Å²) in [6, 6.07) is 5.18. The van der Waals surface area contributed by atoms with Crippen LogP contribution in [0, 0.1) is 16.0 Å². The number of nitro benzene ring substituents is 1. The van der Waals surface area contributed by atoms with Crippen molar-refractivity contribution in [3.8, 4) is 11.5 Å². The molecule has 1 amide bonds. The largest absolute Gasteiger partial charge is 0.453 e. The molecule has 0 aromatic heterocycles. The number of carbonyl (C=O) groups excluding carboxylic acids is 1. The van der Waals surface area contributed by atoms with E-state index in [1.165, 1.54) is 28.6 Å². The van der Waals surface area contributed by atoms with Crippen LogP contribution in [0.1, 0.15) is 25.7 Å². The van der Waals surface area contributed by atoms with Crippen molar-refractivity contribution in [1.82, 2.24) is 9.62 Å². The minimum Gasteiger partial charge on any atom is -0.453 e. The fourth-order valence-corrected chi connectivity index (χ4v) is 6.31. The maximum absolute atomic E-state index is 13.3. The number of non-ortho nitro benzene ring substituents is 1. The third-order valence-corrected chi connectivity index (χ3v) is 8.43. The maximum Gasteiger partial charge on any atom is 0.271 e. The zero-order valence-electron chi connectivity index (χ0n) is 17.7. The molecule has 1 saturated carbocycles. The van der Waals surface area contributed by atoms with Gasteiger partial charge in [-0.05, 0) is 49.8 Å². The lowest BCUT2D eigenvalue weighted by atomic mass is 10.2. The van der Waals surface area contributed by atoms with Gasteiger partial charge in [0.25, 0.3) is 5.69 Å². The number of amides is 1. The highest BCUT2D eigenvalue weighted by molar-refractivity contribution is 7.89. The number of benzene rings is 2. The predicted octanol–water partition coefficient (Wildman–Crippen LogP) is 5.03. The number of nitrogens with zero attached hydrogens (tertiary/aromatic N) is 2. The van der Waals surface area contributed by atoms with Gasteiger partial charge in [0.1, 0.15) is 11.8 Å². The Morgan fingerprint density at radius 2 is 1.79 bits per heavy atom. The summed E-state index contributed by atoms with van der Waals surface area (Å²) in [4.78, 5) is 22.7. The molecule has 0 spiro atoms. The standard InChI is InChI=1S/C21H20Cl3N3O6S/c22-15-8-13(27(29)30)5-6-19(15)33-20-16(23)9-14(10-17(20)24)34(31,32)26-7-1-2-18(26)21(28)25-11-12-3-4-12/h5-6,8-10,12,18H,1-4,7,11H2,(H,25,28). The van der Waals surface area contributed by atoms with E-state index < -0.39 is 21.0 Å². The molecule has 1 atom stereocenters. The molecule has 13 heteroatoms. The van der Waals surface area contributed by atoms with Gasteiger partial charge in [0, 0.05) is 25.2 Å². The Balaban J connectivity index is 1.56. The molecule has 4 rings (SSSR count). The van der Waals surface area contributed by atoms with Gasteiger partial charge >= 0.3 is 0 Å². The van der Waals surface area contributed by atoms with Gasteiger partial charge in [0.2, 0.25) is 15.9 Å². The van der Waals surface area contributed by atoms with Gasteiger partial charge in [0.05, 0.1) is 24.9 Å². The fraction of sp³-hybridized carbons (Fsp3) is 0.381. The lowest BCUT2D eigenvalue weighted by Crippen LogP contribution is -2.46. The Morgan fingerprint density at radius 3 is 2.38 bits per heavy atom. The van der Waals surface area contributed by atoms with Crippen LogP contribution in [0.25, 0.3) is 0 Å². The van der Waals surface area contributed by atoms with Crippen molar-refractivity contribution in [3.05, 3.63) is 55.5 Å². The molecule has 34 heavy (non-hydrogen) atoms. The Hall–Kier alpha value is -2.11. The molecule has 0 radical (unpaired) electrons. The van der Waals surface area contributed by atoms with Crippen molar-refractivity contribution >= 4 is 56.4 Å². The number of ether oxygens (including phenoxy) is 1. The lowest BCUT2D eigenvalue weighted by Gasteiger charge is -2.24. The average Bonchev–Trinajstić information content (AvgIpc) is 3.47. The number of halogens is 3. The maximum atomic E-state index is 13.3. The number of hydrogen-bond acceptors (Lipinski definition) is 6. The molecule has 2 aliphatic rings. The second-order valence-electron chi connectivity index (χ2n) is 8.15. The molecule has 1 aliphatic carbocycles. The van der Waals surface area contributed by atoms with Gasteiger partial charge in [-0.25, -0.2) is 8.42 Å². The second kappa shape index (κ2) is 9.87. The van der Waals surface area contributed by atoms with Crippen molar-refractivity contribution in [2.24, 2.45) is 5.92 Å². The zero-order chi connectivity index (χ0) is 24.6. The van der Waals surface area contributed by atoms with Crippen LogP contribution in [-0.2, 0) is 14.8 Å². The third-order valence-electron chi connectivity index (χ3n) is 5.68. The predicted molar refractivity (Wildman–Crippen MR) is 127 cm³/mol. The van der Waals surface area contributed by atoms with Crippen LogP contribution >= 0.6 is 34.8 Å². The number of sulfonamides is 1. The highest BCUT2D eigenvalue weighted by Crippen LogP contribution is 2.42. The van der Waals surface area contributed by atoms with E-state index in [-0.39, 0.29) is 49.6 Å². The molecule has 1 unspecified atom stereocenters. The van der Waals surface area contributed by atoms with Crippen LogP contribution in [0.2, 0.25) is 15.1 Å². The summed E-state index contributed by atoms with van der Waals surface area (Å²) in [5, 5.41) is 13.5. The SMILES string of the molecule is O=C(NCC1CC1)C1CCCN1S(=O)(=O)c1cc(Cl)c(Oc2ccc([N+](=O)[O-])cc2Cl)c(Cl)c1. The topological polar surface area (TPSA) is 119 Å². The first-order valence-electron chi connectivity index (χ1n) is 10.5. The van der Waals surface area contributed by atoms with Crippen LogP contribution in [0.4, 0.5) is 5.69 Å². The summed E-state index contributed by atoms with van der Waals surface area (Å²) in [5.74, 6) is 0.166. The molecular formula is C21H20Cl3N3O6S. The number of nitro groups is 1. The Kier molecular flexibility index (Phi) is 7.25. The van der Waals surface area contributed by atoms with E-state index in [2.05, 4.69) is 5.32 Å². The summed E-state index contributed by atoms with van der Waals surface area (Å²) in [6.45, 7) is 0.758. The van der Waals surface area contributed by atoms with E-state index >= 15 is 0 Å². The van der Waals surface area contributed by atoms with Crippen LogP contribution in [0.5, 0.6) is 11.5 Å². The molecule has 2 aromatic carbocycles. The molecule has 9 nitrogen and oxygen atoms in total. The number of nitrogens with one attached hydrogen (secondary N) is 1. The smallest absolute Gasteiger partial charge is 0.271 e. The summed E-state index contributed by atoms with van der Waals surface area (Å²) in [6.07, 6.45) is 3.13. The molecule has 1 aliphatic heterocycles. The van der Waals surface area contributed by atoms with Gasteiger partial charge in [-0.1, -0.05) is 34.8 Å². The quantitative estimate of drug-likeness (QED) is 0.365. The molecular weight excluding hydrogens is 529 g/mol. The number of carbonyl (C=O) groups is 1. The third kappa shape index (κ3) is 5.26. The van der Waals surface area contributed by atoms with Crippen molar-refractivity contribution in [2.75, 3.05) is 13.1 Å². The van der Waals surface area contributed by atoms with Gasteiger partial charge in [-0.3, -0.25) is 14.9 Å². The fourth-order valence-electron chi connectivity index (χ4n) is 3.69. The van der Waals surface area contributed by atoms with Crippen molar-refractivity contribution in [1.29, 1.82) is 0 Å². The molecule has 1 heterocycles. The minimum atomic E-state index is -4.07. The van der Waals surface area contributed by atoms with Crippen LogP contribution < -0.4 is 10.1 Å². The molecule has 1 saturated heterocycles. The second-order valence-corrected chi connectivity index (χ2v) is 11.3. The van der Waals surface area contributed by atoms with Crippen LogP contribution in [-0.4, -0.2) is 42.7 Å². The molecule has 0 bridgehead atoms. The minimum absolute atomic E-state index is 0.0462. The first-order chi connectivity index (χ1) is 16.1. The molecule has 2 aromatic rings. The Labute approximate surface area is 211 Å². The number of rotatable bonds is 8. The van der Waals surface area contributed by atoms with Crippen molar-refractivity contribution < 1.29 is 22.9 Å². The van der Waals surface area contributed by atoms with Gasteiger partial charge in [-0.2, -0.15) is 4.31 Å². The van der Waals surface area contributed by atoms with Crippen molar-refractivity contribution in [2.45, 2.75) is 36.6 Å². The summed E-state index contributed by atoms with van der Waals surface area (Å²) >= 11 is 18.7. The van der Waals surface area contributed by atoms with Crippen molar-refractivity contribution in [3.63, 3.8) is 0 Å². The van der Waals surface area contributed by atoms with E-state index in [1.807, 2.05) is 0 Å². The normalized spacial score (nSPS) is 18.6. The first-order valence-corrected chi connectivity index (χ1v) is 13.1. The molecule has 2 fully saturated rings. The van der Waals surface area contributed by atoms with E-state index in [9.17, 15) is 23.3 Å². The van der Waals surface area contributed by atoms with E-state index in [0.29, 0.717) is 25.3 Å². The van der Waals surface area contributed by atoms with E-state index in [0.717, 1.165) is 18.9 Å². The van der Waals surface area contributed by atoms with Gasteiger partial charge in [0.15, 0.2) is 5.75 Å². The summed E-state index contributed by atoms with van der Waals surface area (Å²) in [5.41, 5.74) is -0.225. The number of hydrogen-bond donors (Lipinski definition) is 1. The highest BCUT2D eigenvalue weighted by Gasteiger charge is 2.40. The first kappa shape index (κ1) is 25.0. The lowest BCUT2D eigenvalue weighted by molar-refractivity contribution is -0.384. The molecule has 1 N–H and O–H groups in total. The summed E-state index contributed by atoms with van der Waals surface area (Å²) < 4.78 is 33.5. The van der Waals surface area contributed by atoms with Gasteiger partial charge < -0.3 is 10.1 Å². The Bertz CT molecular complexity index is 1230. The van der Waals surface area contributed by atoms with E-state index in [4.69, 9.17) is 39.5 Å². The van der Waals surface area contributed by atoms with E-state index in [1.54, 1.807) is 0 Å². The van der Waals surface area contributed by atoms with Crippen LogP contribution in [0.3, 0.4) is 0 Å². The Morgan fingerprint density at radius 1 is 1.12 bits per heavy atom. The average molecular weight is 549 g/mol. The molecule has 182 valence electrons. The zero-order valence-corrected chi connectivity index (χ0v) is 20.8. The monoisotopic (exact) mass is 547 g/mol. The summed E-state index contributed by atoms with van der Waals surface area (Å²) in [7, 11) is -4.07.